The van der Waals surface area contributed by atoms with Gasteiger partial charge in [0.25, 0.3) is 0 Å². The van der Waals surface area contributed by atoms with Crippen LogP contribution in [0.4, 0.5) is 0 Å². The number of hydrogen-bond acceptors (Lipinski definition) is 3. The van der Waals surface area contributed by atoms with E-state index in [1.165, 1.54) is 5.56 Å². The highest BCUT2D eigenvalue weighted by atomic mass is 16.5. The molecule has 144 valence electrons. The summed E-state index contributed by atoms with van der Waals surface area (Å²) in [6.45, 7) is 5.04. The highest BCUT2D eigenvalue weighted by Crippen LogP contribution is 2.35. The summed E-state index contributed by atoms with van der Waals surface area (Å²) in [6.07, 6.45) is 1.42. The normalized spacial score (nSPS) is 15.1. The van der Waals surface area contributed by atoms with Gasteiger partial charge in [0, 0.05) is 24.1 Å². The van der Waals surface area contributed by atoms with Crippen molar-refractivity contribution in [1.82, 2.24) is 5.32 Å². The van der Waals surface area contributed by atoms with Crippen LogP contribution in [0, 0.1) is 0 Å². The zero-order chi connectivity index (χ0) is 19.5. The Morgan fingerprint density at radius 2 is 1.96 bits per heavy atom. The number of ether oxygens (including phenoxy) is 2. The molecule has 1 heterocycles. The summed E-state index contributed by atoms with van der Waals surface area (Å²) in [4.78, 5) is 12.6. The van der Waals surface area contributed by atoms with Crippen LogP contribution < -0.4 is 14.8 Å². The average molecular weight is 375 g/mol. The molecule has 0 aromatic heterocycles. The molecule has 1 aliphatic rings. The average Bonchev–Trinajstić information content (AvgIpc) is 3.05. The molecule has 1 aliphatic heterocycles. The van der Waals surface area contributed by atoms with Crippen molar-refractivity contribution in [3.8, 4) is 11.5 Å². The SMILES string of the molecule is CCOc1cc2c(cc1CNC(=O)Cc1cccc3ccccc13)O[C@@H](C)C2. The van der Waals surface area contributed by atoms with Crippen LogP contribution in [-0.2, 0) is 24.2 Å². The molecule has 4 heteroatoms. The number of rotatable bonds is 6. The van der Waals surface area contributed by atoms with Crippen molar-refractivity contribution >= 4 is 16.7 Å². The van der Waals surface area contributed by atoms with Gasteiger partial charge in [0.05, 0.1) is 13.0 Å². The highest BCUT2D eigenvalue weighted by Gasteiger charge is 2.22. The van der Waals surface area contributed by atoms with Crippen LogP contribution in [0.15, 0.2) is 54.6 Å². The number of carbonyl (C=O) groups excluding carboxylic acids is 1. The van der Waals surface area contributed by atoms with Crippen molar-refractivity contribution in [1.29, 1.82) is 0 Å². The van der Waals surface area contributed by atoms with Gasteiger partial charge in [-0.1, -0.05) is 42.5 Å². The second-order valence-corrected chi connectivity index (χ2v) is 7.23. The zero-order valence-corrected chi connectivity index (χ0v) is 16.3. The van der Waals surface area contributed by atoms with Crippen molar-refractivity contribution in [2.45, 2.75) is 39.3 Å². The Hall–Kier alpha value is -3.01. The minimum Gasteiger partial charge on any atom is -0.494 e. The van der Waals surface area contributed by atoms with E-state index in [1.807, 2.05) is 37.3 Å². The van der Waals surface area contributed by atoms with Gasteiger partial charge in [-0.15, -0.1) is 0 Å². The summed E-state index contributed by atoms with van der Waals surface area (Å²) in [5.74, 6) is 1.72. The standard InChI is InChI=1S/C24H25NO3/c1-3-27-22-12-19-11-16(2)28-23(19)13-20(22)15-25-24(26)14-18-9-6-8-17-7-4-5-10-21(17)18/h4-10,12-13,16H,3,11,14-15H2,1-2H3,(H,25,26)/t16-/m0/s1. The number of amides is 1. The van der Waals surface area contributed by atoms with E-state index in [-0.39, 0.29) is 12.0 Å². The van der Waals surface area contributed by atoms with Gasteiger partial charge in [-0.05, 0) is 42.3 Å². The second-order valence-electron chi connectivity index (χ2n) is 7.23. The fraction of sp³-hybridized carbons (Fsp3) is 0.292. The molecule has 0 radical (unpaired) electrons. The molecular formula is C24H25NO3. The maximum atomic E-state index is 12.6. The van der Waals surface area contributed by atoms with Gasteiger partial charge in [0.1, 0.15) is 17.6 Å². The Bertz CT molecular complexity index is 1010. The predicted octanol–water partition coefficient (Wildman–Crippen LogP) is 4.42. The number of benzene rings is 3. The largest absolute Gasteiger partial charge is 0.494 e. The van der Waals surface area contributed by atoms with E-state index in [4.69, 9.17) is 9.47 Å². The minimum atomic E-state index is -0.00594. The molecule has 3 aromatic rings. The van der Waals surface area contributed by atoms with Gasteiger partial charge in [0.15, 0.2) is 0 Å². The molecule has 0 saturated carbocycles. The lowest BCUT2D eigenvalue weighted by Crippen LogP contribution is -2.25. The molecule has 4 nitrogen and oxygen atoms in total. The Labute approximate surface area is 165 Å². The number of nitrogens with one attached hydrogen (secondary N) is 1. The third kappa shape index (κ3) is 3.81. The molecule has 1 amide bonds. The van der Waals surface area contributed by atoms with E-state index in [1.54, 1.807) is 0 Å². The Kier molecular flexibility index (Phi) is 5.20. The van der Waals surface area contributed by atoms with Gasteiger partial charge >= 0.3 is 0 Å². The van der Waals surface area contributed by atoms with E-state index in [0.29, 0.717) is 19.6 Å². The quantitative estimate of drug-likeness (QED) is 0.694. The summed E-state index contributed by atoms with van der Waals surface area (Å²) >= 11 is 0. The van der Waals surface area contributed by atoms with Crippen molar-refractivity contribution in [3.63, 3.8) is 0 Å². The smallest absolute Gasteiger partial charge is 0.224 e. The Balaban J connectivity index is 1.48. The van der Waals surface area contributed by atoms with Crippen LogP contribution in [-0.4, -0.2) is 18.6 Å². The Morgan fingerprint density at radius 3 is 2.82 bits per heavy atom. The maximum Gasteiger partial charge on any atom is 0.224 e. The molecule has 0 fully saturated rings. The van der Waals surface area contributed by atoms with Gasteiger partial charge in [-0.25, -0.2) is 0 Å². The van der Waals surface area contributed by atoms with E-state index in [2.05, 4.69) is 36.5 Å². The minimum absolute atomic E-state index is 0.00594. The van der Waals surface area contributed by atoms with Crippen LogP contribution >= 0.6 is 0 Å². The van der Waals surface area contributed by atoms with Crippen molar-refractivity contribution in [3.05, 3.63) is 71.3 Å². The first-order chi connectivity index (χ1) is 13.6. The van der Waals surface area contributed by atoms with Crippen molar-refractivity contribution < 1.29 is 14.3 Å². The third-order valence-corrected chi connectivity index (χ3v) is 5.09. The fourth-order valence-electron chi connectivity index (χ4n) is 3.79. The summed E-state index contributed by atoms with van der Waals surface area (Å²) in [7, 11) is 0. The van der Waals surface area contributed by atoms with Gasteiger partial charge in [-0.3, -0.25) is 4.79 Å². The second kappa shape index (κ2) is 7.93. The lowest BCUT2D eigenvalue weighted by Gasteiger charge is -2.14. The van der Waals surface area contributed by atoms with Gasteiger partial charge in [-0.2, -0.15) is 0 Å². The summed E-state index contributed by atoms with van der Waals surface area (Å²) in [5.41, 5.74) is 3.15. The maximum absolute atomic E-state index is 12.6. The lowest BCUT2D eigenvalue weighted by atomic mass is 10.0. The van der Waals surface area contributed by atoms with E-state index in [9.17, 15) is 4.79 Å². The highest BCUT2D eigenvalue weighted by molar-refractivity contribution is 5.90. The predicted molar refractivity (Wildman–Crippen MR) is 111 cm³/mol. The molecule has 1 atom stereocenters. The molecule has 0 bridgehead atoms. The van der Waals surface area contributed by atoms with Crippen molar-refractivity contribution in [2.75, 3.05) is 6.61 Å². The molecule has 0 saturated heterocycles. The number of carbonyl (C=O) groups is 1. The molecule has 28 heavy (non-hydrogen) atoms. The molecule has 0 spiro atoms. The van der Waals surface area contributed by atoms with Crippen LogP contribution in [0.2, 0.25) is 0 Å². The zero-order valence-electron chi connectivity index (χ0n) is 16.3. The first-order valence-corrected chi connectivity index (χ1v) is 9.82. The first kappa shape index (κ1) is 18.4. The third-order valence-electron chi connectivity index (χ3n) is 5.09. The number of hydrogen-bond donors (Lipinski definition) is 1. The fourth-order valence-corrected chi connectivity index (χ4v) is 3.79. The Morgan fingerprint density at radius 1 is 1.14 bits per heavy atom. The van der Waals surface area contributed by atoms with Crippen molar-refractivity contribution in [2.24, 2.45) is 0 Å². The van der Waals surface area contributed by atoms with Gasteiger partial charge < -0.3 is 14.8 Å². The van der Waals surface area contributed by atoms with Crippen LogP contribution in [0.25, 0.3) is 10.8 Å². The van der Waals surface area contributed by atoms with E-state index in [0.717, 1.165) is 39.8 Å². The summed E-state index contributed by atoms with van der Waals surface area (Å²) < 4.78 is 11.7. The summed E-state index contributed by atoms with van der Waals surface area (Å²) in [5, 5.41) is 5.31. The molecule has 3 aromatic carbocycles. The molecular weight excluding hydrogens is 350 g/mol. The molecule has 4 rings (SSSR count). The molecule has 0 unspecified atom stereocenters. The van der Waals surface area contributed by atoms with E-state index >= 15 is 0 Å². The molecule has 0 aliphatic carbocycles. The lowest BCUT2D eigenvalue weighted by molar-refractivity contribution is -0.120. The van der Waals surface area contributed by atoms with E-state index < -0.39 is 0 Å². The number of fused-ring (bicyclic) bond motifs is 2. The topological polar surface area (TPSA) is 47.6 Å². The monoisotopic (exact) mass is 375 g/mol. The van der Waals surface area contributed by atoms with Crippen LogP contribution in [0.3, 0.4) is 0 Å². The summed E-state index contributed by atoms with van der Waals surface area (Å²) in [6, 6.07) is 18.3. The molecule has 1 N–H and O–H groups in total. The first-order valence-electron chi connectivity index (χ1n) is 9.82. The van der Waals surface area contributed by atoms with Crippen LogP contribution in [0.1, 0.15) is 30.5 Å². The van der Waals surface area contributed by atoms with Gasteiger partial charge in [0.2, 0.25) is 5.91 Å². The van der Waals surface area contributed by atoms with Crippen LogP contribution in [0.5, 0.6) is 11.5 Å².